The molecule has 3 N–H and O–H groups in total. The van der Waals surface area contributed by atoms with E-state index in [2.05, 4.69) is 0 Å². The molecule has 9 heteroatoms. The number of hydrogen-bond acceptors (Lipinski definition) is 4. The van der Waals surface area contributed by atoms with Crippen LogP contribution in [0, 0.1) is 0 Å². The maximum Gasteiger partial charge on any atom is 0.347 e. The lowest BCUT2D eigenvalue weighted by molar-refractivity contribution is 0.277. The van der Waals surface area contributed by atoms with Crippen LogP contribution in [0.5, 0.6) is 0 Å². The Morgan fingerprint density at radius 2 is 1.59 bits per heavy atom. The largest absolute Gasteiger partial charge is 0.347 e. The summed E-state index contributed by atoms with van der Waals surface area (Å²) in [5.74, 6) is 0. The van der Waals surface area contributed by atoms with Crippen molar-refractivity contribution in [1.29, 1.82) is 0 Å². The predicted octanol–water partition coefficient (Wildman–Crippen LogP) is 0.254. The lowest BCUT2D eigenvalue weighted by Crippen LogP contribution is -2.37. The van der Waals surface area contributed by atoms with Gasteiger partial charge in [-0.2, -0.15) is 8.42 Å². The highest BCUT2D eigenvalue weighted by Crippen LogP contribution is 2.44. The van der Waals surface area contributed by atoms with Crippen molar-refractivity contribution in [3.05, 3.63) is 0 Å². The molecular formula is C8H18NO6PS. The molecule has 0 spiro atoms. The Morgan fingerprint density at radius 1 is 1.12 bits per heavy atom. The van der Waals surface area contributed by atoms with Gasteiger partial charge in [0.1, 0.15) is 0 Å². The molecule has 1 rings (SSSR count). The summed E-state index contributed by atoms with van der Waals surface area (Å²) in [6, 6.07) is 0. The summed E-state index contributed by atoms with van der Waals surface area (Å²) in [7, 11) is -9.60. The minimum atomic E-state index is -4.86. The molecule has 1 unspecified atom stereocenters. The SMILES string of the molecule is O=P(O)(O)C(CN1CCCCCC1)S(=O)(=O)O. The fourth-order valence-corrected chi connectivity index (χ4v) is 4.14. The highest BCUT2D eigenvalue weighted by Gasteiger charge is 2.40. The Kier molecular flexibility index (Phi) is 5.12. The molecule has 0 aromatic heterocycles. The first kappa shape index (κ1) is 15.1. The van der Waals surface area contributed by atoms with Crippen LogP contribution >= 0.6 is 7.60 Å². The molecule has 0 radical (unpaired) electrons. The Labute approximate surface area is 101 Å². The monoisotopic (exact) mass is 287 g/mol. The number of nitrogens with zero attached hydrogens (tertiary/aromatic N) is 1. The molecule has 1 aliphatic rings. The summed E-state index contributed by atoms with van der Waals surface area (Å²) in [5.41, 5.74) is 0. The van der Waals surface area contributed by atoms with Crippen LogP contribution < -0.4 is 0 Å². The van der Waals surface area contributed by atoms with Gasteiger partial charge in [-0.05, 0) is 25.9 Å². The zero-order valence-corrected chi connectivity index (χ0v) is 11.1. The van der Waals surface area contributed by atoms with E-state index in [1.807, 2.05) is 0 Å². The second-order valence-corrected chi connectivity index (χ2v) is 8.02. The van der Waals surface area contributed by atoms with Crippen LogP contribution in [0.1, 0.15) is 25.7 Å². The third-order valence-corrected chi connectivity index (χ3v) is 6.21. The molecule has 102 valence electrons. The number of rotatable bonds is 4. The molecular weight excluding hydrogens is 269 g/mol. The van der Waals surface area contributed by atoms with Gasteiger partial charge >= 0.3 is 7.60 Å². The maximum absolute atomic E-state index is 11.1. The van der Waals surface area contributed by atoms with E-state index in [4.69, 9.17) is 14.3 Å². The normalized spacial score (nSPS) is 22.1. The quantitative estimate of drug-likeness (QED) is 0.501. The Balaban J connectivity index is 2.76. The third kappa shape index (κ3) is 5.03. The Morgan fingerprint density at radius 3 is 1.94 bits per heavy atom. The highest BCUT2D eigenvalue weighted by atomic mass is 32.2. The summed E-state index contributed by atoms with van der Waals surface area (Å²) in [6.07, 6.45) is 3.81. The van der Waals surface area contributed by atoms with Crippen molar-refractivity contribution < 1.29 is 27.3 Å². The molecule has 0 aromatic rings. The van der Waals surface area contributed by atoms with Crippen LogP contribution in [-0.4, -0.2) is 52.3 Å². The molecule has 0 bridgehead atoms. The zero-order valence-electron chi connectivity index (χ0n) is 9.40. The summed E-state index contributed by atoms with van der Waals surface area (Å²) in [4.78, 5) is 17.6. The second-order valence-electron chi connectivity index (χ2n) is 4.27. The topological polar surface area (TPSA) is 115 Å². The van der Waals surface area contributed by atoms with Crippen molar-refractivity contribution in [2.24, 2.45) is 0 Å². The smallest absolute Gasteiger partial charge is 0.323 e. The first-order valence-electron chi connectivity index (χ1n) is 5.45. The summed E-state index contributed by atoms with van der Waals surface area (Å²) < 4.78 is 41.9. The predicted molar refractivity (Wildman–Crippen MR) is 62.3 cm³/mol. The van der Waals surface area contributed by atoms with Crippen LogP contribution in [0.2, 0.25) is 0 Å². The number of hydrogen-bond donors (Lipinski definition) is 3. The van der Waals surface area contributed by atoms with Gasteiger partial charge in [-0.15, -0.1) is 0 Å². The van der Waals surface area contributed by atoms with Crippen molar-refractivity contribution in [3.63, 3.8) is 0 Å². The van der Waals surface area contributed by atoms with E-state index in [0.717, 1.165) is 25.7 Å². The molecule has 1 aliphatic heterocycles. The molecule has 0 aromatic carbocycles. The lowest BCUT2D eigenvalue weighted by Gasteiger charge is -2.24. The second kappa shape index (κ2) is 5.77. The molecule has 1 fully saturated rings. The van der Waals surface area contributed by atoms with E-state index in [9.17, 15) is 13.0 Å². The minimum Gasteiger partial charge on any atom is -0.323 e. The average molecular weight is 287 g/mol. The van der Waals surface area contributed by atoms with Crippen molar-refractivity contribution in [3.8, 4) is 0 Å². The van der Waals surface area contributed by atoms with E-state index in [1.54, 1.807) is 4.90 Å². The Hall–Kier alpha value is 0.0200. The van der Waals surface area contributed by atoms with Crippen LogP contribution in [0.15, 0.2) is 0 Å². The van der Waals surface area contributed by atoms with Gasteiger partial charge in [0.25, 0.3) is 10.1 Å². The van der Waals surface area contributed by atoms with Crippen LogP contribution in [0.25, 0.3) is 0 Å². The molecule has 0 amide bonds. The number of likely N-dealkylation sites (tertiary alicyclic amines) is 1. The van der Waals surface area contributed by atoms with Crippen LogP contribution in [0.3, 0.4) is 0 Å². The van der Waals surface area contributed by atoms with E-state index < -0.39 is 22.7 Å². The van der Waals surface area contributed by atoms with Gasteiger partial charge in [0.15, 0.2) is 4.99 Å². The standard InChI is InChI=1S/C8H18NO6PS/c10-16(11,12)8(17(13,14)15)7-9-5-3-1-2-4-6-9/h8H,1-7H2,(H2,10,11,12)(H,13,14,15). The molecule has 0 aliphatic carbocycles. The van der Waals surface area contributed by atoms with Gasteiger partial charge in [-0.25, -0.2) is 0 Å². The molecule has 1 saturated heterocycles. The van der Waals surface area contributed by atoms with E-state index >= 15 is 0 Å². The van der Waals surface area contributed by atoms with Crippen molar-refractivity contribution in [1.82, 2.24) is 4.90 Å². The Bertz CT molecular complexity index is 383. The van der Waals surface area contributed by atoms with Gasteiger partial charge in [-0.1, -0.05) is 12.8 Å². The van der Waals surface area contributed by atoms with Crippen molar-refractivity contribution in [2.75, 3.05) is 19.6 Å². The minimum absolute atomic E-state index is 0.316. The van der Waals surface area contributed by atoms with E-state index in [-0.39, 0.29) is 6.54 Å². The average Bonchev–Trinajstić information content (AvgIpc) is 2.38. The van der Waals surface area contributed by atoms with Gasteiger partial charge in [0, 0.05) is 6.54 Å². The van der Waals surface area contributed by atoms with Crippen LogP contribution in [-0.2, 0) is 14.7 Å². The van der Waals surface area contributed by atoms with Crippen LogP contribution in [0.4, 0.5) is 0 Å². The van der Waals surface area contributed by atoms with E-state index in [0.29, 0.717) is 13.1 Å². The lowest BCUT2D eigenvalue weighted by atomic mass is 10.2. The molecule has 7 nitrogen and oxygen atoms in total. The molecule has 17 heavy (non-hydrogen) atoms. The fraction of sp³-hybridized carbons (Fsp3) is 1.00. The first-order valence-corrected chi connectivity index (χ1v) is 8.63. The fourth-order valence-electron chi connectivity index (χ4n) is 1.91. The highest BCUT2D eigenvalue weighted by molar-refractivity contribution is 7.93. The zero-order chi connectivity index (χ0) is 13.1. The summed E-state index contributed by atoms with van der Waals surface area (Å²) in [6.45, 7) is 0.890. The third-order valence-electron chi connectivity index (χ3n) is 2.83. The molecule has 0 saturated carbocycles. The van der Waals surface area contributed by atoms with Gasteiger partial charge in [0.05, 0.1) is 0 Å². The summed E-state index contributed by atoms with van der Waals surface area (Å²) >= 11 is 0. The van der Waals surface area contributed by atoms with Gasteiger partial charge in [-0.3, -0.25) is 9.12 Å². The van der Waals surface area contributed by atoms with Crippen molar-refractivity contribution in [2.45, 2.75) is 30.7 Å². The summed E-state index contributed by atoms with van der Waals surface area (Å²) in [5, 5.41) is 0. The van der Waals surface area contributed by atoms with Gasteiger partial charge in [0.2, 0.25) is 0 Å². The molecule has 1 atom stereocenters. The first-order chi connectivity index (χ1) is 7.71. The molecule has 1 heterocycles. The van der Waals surface area contributed by atoms with Gasteiger partial charge < -0.3 is 14.7 Å². The maximum atomic E-state index is 11.1. The van der Waals surface area contributed by atoms with E-state index in [1.165, 1.54) is 0 Å². The van der Waals surface area contributed by atoms with Crippen molar-refractivity contribution >= 4 is 17.7 Å².